The van der Waals surface area contributed by atoms with Gasteiger partial charge in [-0.2, -0.15) is 0 Å². The Hall–Kier alpha value is -3.93. The van der Waals surface area contributed by atoms with Crippen LogP contribution >= 0.6 is 0 Å². The fraction of sp³-hybridized carbons (Fsp3) is 0.543. The Morgan fingerprint density at radius 2 is 1.83 bits per heavy atom. The predicted molar refractivity (Wildman–Crippen MR) is 169 cm³/mol. The summed E-state index contributed by atoms with van der Waals surface area (Å²) in [7, 11) is 0. The molecule has 9 rings (SSSR count). The Morgan fingerprint density at radius 1 is 1.06 bits per heavy atom. The maximum atomic E-state index is 16.1. The zero-order valence-corrected chi connectivity index (χ0v) is 26.3. The van der Waals surface area contributed by atoms with Gasteiger partial charge in [-0.05, 0) is 94.0 Å². The Kier molecular flexibility index (Phi) is 6.39. The number of amides is 2. The quantitative estimate of drug-likeness (QED) is 0.255. The zero-order valence-electron chi connectivity index (χ0n) is 26.3. The first kappa shape index (κ1) is 29.2. The summed E-state index contributed by atoms with van der Waals surface area (Å²) in [5.74, 6) is -3.96. The number of nitrogens with one attached hydrogen (secondary N) is 1. The number of pyridine rings is 1. The SMILES string of the molecule is C[C@@H](NC(=O)[C@@H]1CC1(F)F)c1ccc2cc(-c3nc4cc(C(=O)N5C[C@H](N)[C@@H]6CC[C@H]5C6)cc(F)c4n3C3CC3)n(CC3CC3)c2n1. The number of imidazole rings is 1. The lowest BCUT2D eigenvalue weighted by Crippen LogP contribution is -2.51. The number of rotatable bonds is 8. The maximum absolute atomic E-state index is 16.1. The molecular formula is C35H38F3N7O2. The lowest BCUT2D eigenvalue weighted by Gasteiger charge is -2.37. The number of piperidine rings is 1. The number of nitrogens with two attached hydrogens (primary N) is 1. The van der Waals surface area contributed by atoms with Gasteiger partial charge in [0.2, 0.25) is 5.91 Å². The molecule has 5 atom stereocenters. The minimum absolute atomic E-state index is 0.0586. The van der Waals surface area contributed by atoms with Crippen LogP contribution in [0.3, 0.4) is 0 Å². The molecule has 1 aliphatic heterocycles. The van der Waals surface area contributed by atoms with Crippen LogP contribution in [0.15, 0.2) is 30.3 Å². The second kappa shape index (κ2) is 10.3. The van der Waals surface area contributed by atoms with Crippen LogP contribution in [0.2, 0.25) is 0 Å². The number of carbonyl (C=O) groups excluding carboxylic acids is 2. The van der Waals surface area contributed by atoms with Crippen LogP contribution in [0.1, 0.15) is 86.4 Å². The zero-order chi connectivity index (χ0) is 32.4. The van der Waals surface area contributed by atoms with E-state index in [9.17, 15) is 18.4 Å². The minimum Gasteiger partial charge on any atom is -0.348 e. The first-order valence-corrected chi connectivity index (χ1v) is 17.0. The van der Waals surface area contributed by atoms with E-state index in [1.807, 2.05) is 27.7 Å². The summed E-state index contributed by atoms with van der Waals surface area (Å²) >= 11 is 0. The van der Waals surface area contributed by atoms with Crippen LogP contribution in [-0.2, 0) is 11.3 Å². The van der Waals surface area contributed by atoms with Crippen molar-refractivity contribution in [3.63, 3.8) is 0 Å². The molecule has 4 heterocycles. The summed E-state index contributed by atoms with van der Waals surface area (Å²) in [5, 5.41) is 3.58. The standard InChI is InChI=1S/C35H38F3N7O2/c1-17(40-33(46)24-14-35(24,37)38)27-9-5-20-13-29(44(31(20)41-27)15-18-2-3-18)32-42-28-12-21(11-25(36)30(28)45(32)22-7-8-22)34(47)43-16-26(39)19-4-6-23(43)10-19/h5,9,11-13,17-19,22-24,26H,2-4,6-8,10,14-16,39H2,1H3,(H,40,46)/t17-,19-,23+,24+,26+/m1/s1. The third kappa shape index (κ3) is 4.93. The van der Waals surface area contributed by atoms with Crippen molar-refractivity contribution >= 4 is 33.9 Å². The van der Waals surface area contributed by atoms with Crippen molar-refractivity contribution in [1.82, 2.24) is 29.3 Å². The van der Waals surface area contributed by atoms with E-state index in [0.717, 1.165) is 56.0 Å². The third-order valence-corrected chi connectivity index (χ3v) is 11.1. The fourth-order valence-electron chi connectivity index (χ4n) is 7.98. The van der Waals surface area contributed by atoms with Crippen molar-refractivity contribution in [1.29, 1.82) is 0 Å². The van der Waals surface area contributed by atoms with Gasteiger partial charge < -0.3 is 25.1 Å². The molecule has 0 spiro atoms. The van der Waals surface area contributed by atoms with Crippen molar-refractivity contribution < 1.29 is 22.8 Å². The molecule has 246 valence electrons. The molecule has 5 fully saturated rings. The van der Waals surface area contributed by atoms with Crippen molar-refractivity contribution in [2.75, 3.05) is 6.54 Å². The Morgan fingerprint density at radius 3 is 2.55 bits per heavy atom. The van der Waals surface area contributed by atoms with Gasteiger partial charge in [0.15, 0.2) is 5.82 Å². The van der Waals surface area contributed by atoms with Crippen LogP contribution in [0.4, 0.5) is 13.2 Å². The number of hydrogen-bond donors (Lipinski definition) is 2. The van der Waals surface area contributed by atoms with E-state index in [1.165, 1.54) is 6.07 Å². The highest BCUT2D eigenvalue weighted by Crippen LogP contribution is 2.49. The molecular weight excluding hydrogens is 607 g/mol. The lowest BCUT2D eigenvalue weighted by atomic mass is 9.94. The normalized spacial score (nSPS) is 27.0. The first-order chi connectivity index (χ1) is 22.6. The van der Waals surface area contributed by atoms with Crippen molar-refractivity contribution in [3.05, 3.63) is 47.4 Å². The summed E-state index contributed by atoms with van der Waals surface area (Å²) in [6.07, 6.45) is 6.46. The molecule has 2 bridgehead atoms. The summed E-state index contributed by atoms with van der Waals surface area (Å²) in [6.45, 7) is 2.95. The van der Waals surface area contributed by atoms with E-state index < -0.39 is 36.0 Å². The average Bonchev–Trinajstić information content (AvgIpc) is 4.00. The van der Waals surface area contributed by atoms with Crippen LogP contribution in [0.25, 0.3) is 33.6 Å². The highest BCUT2D eigenvalue weighted by atomic mass is 19.3. The molecule has 4 saturated carbocycles. The van der Waals surface area contributed by atoms with Gasteiger partial charge in [0.25, 0.3) is 11.8 Å². The highest BCUT2D eigenvalue weighted by Gasteiger charge is 2.61. The second-order valence-electron chi connectivity index (χ2n) is 14.7. The molecule has 4 aliphatic carbocycles. The van der Waals surface area contributed by atoms with Crippen LogP contribution in [0, 0.1) is 23.6 Å². The highest BCUT2D eigenvalue weighted by molar-refractivity contribution is 5.98. The van der Waals surface area contributed by atoms with Crippen LogP contribution in [-0.4, -0.2) is 60.4 Å². The van der Waals surface area contributed by atoms with Gasteiger partial charge in [-0.25, -0.2) is 23.1 Å². The first-order valence-electron chi connectivity index (χ1n) is 17.0. The van der Waals surface area contributed by atoms with E-state index in [0.29, 0.717) is 58.7 Å². The molecule has 9 nitrogen and oxygen atoms in total. The van der Waals surface area contributed by atoms with Gasteiger partial charge in [-0.1, -0.05) is 0 Å². The van der Waals surface area contributed by atoms with Crippen molar-refractivity contribution in [2.45, 2.75) is 94.9 Å². The Balaban J connectivity index is 1.11. The summed E-state index contributed by atoms with van der Waals surface area (Å²) in [6, 6.07) is 8.49. The molecule has 3 N–H and O–H groups in total. The monoisotopic (exact) mass is 645 g/mol. The van der Waals surface area contributed by atoms with Gasteiger partial charge in [-0.3, -0.25) is 9.59 Å². The van der Waals surface area contributed by atoms with E-state index in [2.05, 4.69) is 9.88 Å². The molecule has 2 amide bonds. The number of likely N-dealkylation sites (tertiary alicyclic amines) is 1. The number of alkyl halides is 2. The Bertz CT molecular complexity index is 1960. The Labute approximate surface area is 269 Å². The molecule has 0 radical (unpaired) electrons. The predicted octanol–water partition coefficient (Wildman–Crippen LogP) is 5.72. The van der Waals surface area contributed by atoms with E-state index in [1.54, 1.807) is 13.0 Å². The molecule has 12 heteroatoms. The van der Waals surface area contributed by atoms with E-state index in [-0.39, 0.29) is 24.0 Å². The number of fused-ring (bicyclic) bond motifs is 4. The number of halogens is 3. The fourth-order valence-corrected chi connectivity index (χ4v) is 7.98. The summed E-state index contributed by atoms with van der Waals surface area (Å²) in [5.41, 5.74) is 9.65. The number of nitrogens with zero attached hydrogens (tertiary/aromatic N) is 5. The molecule has 47 heavy (non-hydrogen) atoms. The summed E-state index contributed by atoms with van der Waals surface area (Å²) < 4.78 is 47.3. The third-order valence-electron chi connectivity index (χ3n) is 11.1. The van der Waals surface area contributed by atoms with Gasteiger partial charge in [-0.15, -0.1) is 0 Å². The van der Waals surface area contributed by atoms with Gasteiger partial charge in [0, 0.05) is 48.6 Å². The smallest absolute Gasteiger partial charge is 0.260 e. The summed E-state index contributed by atoms with van der Waals surface area (Å²) in [4.78, 5) is 38.0. The van der Waals surface area contributed by atoms with Crippen molar-refractivity contribution in [2.24, 2.45) is 23.5 Å². The van der Waals surface area contributed by atoms with Gasteiger partial charge >= 0.3 is 0 Å². The maximum Gasteiger partial charge on any atom is 0.260 e. The van der Waals surface area contributed by atoms with E-state index in [4.69, 9.17) is 15.7 Å². The molecule has 4 aromatic rings. The van der Waals surface area contributed by atoms with Crippen molar-refractivity contribution in [3.8, 4) is 11.5 Å². The van der Waals surface area contributed by atoms with Gasteiger partial charge in [0.05, 0.1) is 22.9 Å². The number of hydrogen-bond acceptors (Lipinski definition) is 5. The van der Waals surface area contributed by atoms with E-state index >= 15 is 4.39 Å². The molecule has 0 unspecified atom stereocenters. The molecule has 1 aromatic carbocycles. The lowest BCUT2D eigenvalue weighted by molar-refractivity contribution is -0.125. The molecule has 5 aliphatic rings. The second-order valence-corrected chi connectivity index (χ2v) is 14.7. The number of benzene rings is 1. The topological polar surface area (TPSA) is 111 Å². The van der Waals surface area contributed by atoms with Crippen LogP contribution < -0.4 is 11.1 Å². The number of carbonyl (C=O) groups is 2. The number of aromatic nitrogens is 4. The van der Waals surface area contributed by atoms with Crippen LogP contribution in [0.5, 0.6) is 0 Å². The molecule has 1 saturated heterocycles. The van der Waals surface area contributed by atoms with Gasteiger partial charge in [0.1, 0.15) is 22.9 Å². The molecule has 3 aromatic heterocycles. The average molecular weight is 646 g/mol. The minimum atomic E-state index is -2.93. The largest absolute Gasteiger partial charge is 0.348 e.